The first kappa shape index (κ1) is 19.5. The summed E-state index contributed by atoms with van der Waals surface area (Å²) < 4.78 is 5.39. The zero-order chi connectivity index (χ0) is 20.9. The molecule has 1 saturated carbocycles. The van der Waals surface area contributed by atoms with E-state index in [-0.39, 0.29) is 29.5 Å². The van der Waals surface area contributed by atoms with Crippen molar-refractivity contribution < 1.29 is 14.6 Å². The lowest BCUT2D eigenvalue weighted by Crippen LogP contribution is -2.23. The summed E-state index contributed by atoms with van der Waals surface area (Å²) in [5.74, 6) is 0.220. The van der Waals surface area contributed by atoms with E-state index in [1.807, 2.05) is 30.3 Å². The third kappa shape index (κ3) is 3.00. The van der Waals surface area contributed by atoms with Gasteiger partial charge in [0.1, 0.15) is 5.58 Å². The maximum atomic E-state index is 12.1. The second-order valence-electron chi connectivity index (χ2n) is 8.75. The van der Waals surface area contributed by atoms with Gasteiger partial charge in [0.05, 0.1) is 6.10 Å². The van der Waals surface area contributed by atoms with Crippen LogP contribution in [0.3, 0.4) is 0 Å². The van der Waals surface area contributed by atoms with Gasteiger partial charge in [-0.1, -0.05) is 43.3 Å². The Kier molecular flexibility index (Phi) is 4.77. The van der Waals surface area contributed by atoms with E-state index in [9.17, 15) is 15.0 Å². The summed E-state index contributed by atoms with van der Waals surface area (Å²) in [4.78, 5) is 14.3. The first-order valence-corrected chi connectivity index (χ1v) is 10.7. The molecule has 0 radical (unpaired) electrons. The number of aliphatic hydroxyl groups is 2. The predicted octanol–water partition coefficient (Wildman–Crippen LogP) is 2.92. The maximum Gasteiger partial charge on any atom is 0.336 e. The molecule has 2 aromatic carbocycles. The van der Waals surface area contributed by atoms with Crippen LogP contribution in [0.5, 0.6) is 0 Å². The maximum absolute atomic E-state index is 12.1. The van der Waals surface area contributed by atoms with Gasteiger partial charge in [-0.2, -0.15) is 0 Å². The van der Waals surface area contributed by atoms with Gasteiger partial charge in [0.25, 0.3) is 0 Å². The van der Waals surface area contributed by atoms with Crippen molar-refractivity contribution in [1.82, 2.24) is 4.90 Å². The van der Waals surface area contributed by atoms with Gasteiger partial charge in [0, 0.05) is 43.1 Å². The molecule has 30 heavy (non-hydrogen) atoms. The Morgan fingerprint density at radius 3 is 2.70 bits per heavy atom. The smallest absolute Gasteiger partial charge is 0.336 e. The van der Waals surface area contributed by atoms with Gasteiger partial charge in [0.2, 0.25) is 0 Å². The zero-order valence-corrected chi connectivity index (χ0v) is 17.1. The van der Waals surface area contributed by atoms with E-state index in [1.165, 1.54) is 11.1 Å². The molecule has 4 atom stereocenters. The van der Waals surface area contributed by atoms with Crippen LogP contribution in [0.1, 0.15) is 29.5 Å². The van der Waals surface area contributed by atoms with Crippen molar-refractivity contribution in [2.24, 2.45) is 11.3 Å². The summed E-state index contributed by atoms with van der Waals surface area (Å²) in [6.45, 7) is 3.99. The molecular weight excluding hydrogens is 378 g/mol. The van der Waals surface area contributed by atoms with Crippen molar-refractivity contribution in [2.75, 3.05) is 19.7 Å². The molecule has 1 saturated heterocycles. The fraction of sp³-hybridized carbons (Fsp3) is 0.400. The molecule has 2 N–H and O–H groups in total. The number of nitrogens with zero attached hydrogens (tertiary/aromatic N) is 1. The van der Waals surface area contributed by atoms with E-state index in [0.717, 1.165) is 17.4 Å². The monoisotopic (exact) mass is 405 g/mol. The number of benzene rings is 2. The largest absolute Gasteiger partial charge is 0.423 e. The van der Waals surface area contributed by atoms with E-state index in [2.05, 4.69) is 30.0 Å². The Hall–Kier alpha value is -2.47. The number of hydrogen-bond donors (Lipinski definition) is 2. The molecule has 5 nitrogen and oxygen atoms in total. The number of rotatable bonds is 5. The van der Waals surface area contributed by atoms with Crippen molar-refractivity contribution in [1.29, 1.82) is 0 Å². The first-order chi connectivity index (χ1) is 14.6. The molecule has 1 spiro atoms. The number of likely N-dealkylation sites (tertiary alicyclic amines) is 1. The van der Waals surface area contributed by atoms with Gasteiger partial charge >= 0.3 is 5.63 Å². The molecular formula is C25H27NO4. The zero-order valence-electron chi connectivity index (χ0n) is 17.1. The molecule has 3 aromatic rings. The lowest BCUT2D eigenvalue weighted by Gasteiger charge is -2.17. The van der Waals surface area contributed by atoms with Crippen LogP contribution < -0.4 is 5.63 Å². The third-order valence-corrected chi connectivity index (χ3v) is 7.16. The highest BCUT2D eigenvalue weighted by Crippen LogP contribution is 2.68. The Morgan fingerprint density at radius 2 is 1.97 bits per heavy atom. The van der Waals surface area contributed by atoms with Crippen LogP contribution in [0, 0.1) is 11.3 Å². The second-order valence-corrected chi connectivity index (χ2v) is 8.75. The van der Waals surface area contributed by atoms with Crippen molar-refractivity contribution in [2.45, 2.75) is 31.9 Å². The Morgan fingerprint density at radius 1 is 1.17 bits per heavy atom. The summed E-state index contributed by atoms with van der Waals surface area (Å²) >= 11 is 0. The minimum Gasteiger partial charge on any atom is -0.423 e. The minimum atomic E-state index is -0.502. The molecule has 5 rings (SSSR count). The fourth-order valence-electron chi connectivity index (χ4n) is 5.65. The predicted molar refractivity (Wildman–Crippen MR) is 115 cm³/mol. The average molecular weight is 405 g/mol. The van der Waals surface area contributed by atoms with Crippen molar-refractivity contribution in [3.05, 3.63) is 81.7 Å². The SMILES string of the molecule is CCc1ccc2oc(=O)cc(CN3C[C@H](O)[C@@]4(C3)[C@H](CO)[C@H]4c3ccccc3)c2c1. The van der Waals surface area contributed by atoms with E-state index in [4.69, 9.17) is 4.42 Å². The van der Waals surface area contributed by atoms with Crippen molar-refractivity contribution >= 4 is 11.0 Å². The lowest BCUT2D eigenvalue weighted by molar-refractivity contribution is 0.111. The topological polar surface area (TPSA) is 73.9 Å². The first-order valence-electron chi connectivity index (χ1n) is 10.7. The van der Waals surface area contributed by atoms with Crippen molar-refractivity contribution in [3.8, 4) is 0 Å². The molecule has 0 amide bonds. The number of aryl methyl sites for hydroxylation is 1. The molecule has 1 aromatic heterocycles. The summed E-state index contributed by atoms with van der Waals surface area (Å²) in [6, 6.07) is 17.7. The van der Waals surface area contributed by atoms with Crippen LogP contribution in [0.4, 0.5) is 0 Å². The minimum absolute atomic E-state index is 0.0594. The Labute approximate surface area is 175 Å². The molecule has 0 unspecified atom stereocenters. The van der Waals surface area contributed by atoms with Gasteiger partial charge in [-0.3, -0.25) is 4.90 Å². The number of β-amino-alcohol motifs (C(OH)–C–C–N with tert-alkyl or cyclic N) is 1. The molecule has 2 aliphatic rings. The lowest BCUT2D eigenvalue weighted by atomic mass is 9.95. The van der Waals surface area contributed by atoms with E-state index in [0.29, 0.717) is 25.2 Å². The molecule has 2 heterocycles. The average Bonchev–Trinajstić information content (AvgIpc) is 3.30. The summed E-state index contributed by atoms with van der Waals surface area (Å²) in [6.07, 6.45) is 0.411. The van der Waals surface area contributed by atoms with Crippen molar-refractivity contribution in [3.63, 3.8) is 0 Å². The highest BCUT2D eigenvalue weighted by atomic mass is 16.4. The number of hydrogen-bond acceptors (Lipinski definition) is 5. The van der Waals surface area contributed by atoms with Gasteiger partial charge in [-0.25, -0.2) is 4.79 Å². The second kappa shape index (κ2) is 7.34. The highest BCUT2D eigenvalue weighted by Gasteiger charge is 2.70. The highest BCUT2D eigenvalue weighted by molar-refractivity contribution is 5.81. The Balaban J connectivity index is 1.45. The molecule has 1 aliphatic carbocycles. The van der Waals surface area contributed by atoms with E-state index < -0.39 is 6.10 Å². The van der Waals surface area contributed by atoms with Crippen LogP contribution in [-0.2, 0) is 13.0 Å². The number of aliphatic hydroxyl groups excluding tert-OH is 2. The van der Waals surface area contributed by atoms with Crippen LogP contribution in [0.2, 0.25) is 0 Å². The fourth-order valence-corrected chi connectivity index (χ4v) is 5.65. The van der Waals surface area contributed by atoms with Crippen LogP contribution in [0.25, 0.3) is 11.0 Å². The summed E-state index contributed by atoms with van der Waals surface area (Å²) in [5, 5.41) is 22.0. The number of fused-ring (bicyclic) bond motifs is 1. The third-order valence-electron chi connectivity index (χ3n) is 7.16. The van der Waals surface area contributed by atoms with Crippen LogP contribution in [-0.4, -0.2) is 40.9 Å². The normalized spacial score (nSPS) is 28.4. The van der Waals surface area contributed by atoms with E-state index >= 15 is 0 Å². The van der Waals surface area contributed by atoms with Gasteiger partial charge < -0.3 is 14.6 Å². The summed E-state index contributed by atoms with van der Waals surface area (Å²) in [7, 11) is 0. The molecule has 156 valence electrons. The van der Waals surface area contributed by atoms with Crippen LogP contribution in [0.15, 0.2) is 63.8 Å². The molecule has 1 aliphatic heterocycles. The van der Waals surface area contributed by atoms with Gasteiger partial charge in [-0.05, 0) is 47.1 Å². The quantitative estimate of drug-likeness (QED) is 0.639. The standard InChI is InChI=1S/C25H27NO4/c1-2-16-8-9-21-19(10-16)18(11-23(29)30-21)12-26-13-22(28)25(15-26)20(14-27)24(25)17-6-4-3-5-7-17/h3-11,20,22,24,27-28H,2,12-15H2,1H3/t20-,22+,24-,25-/m1/s1. The van der Waals surface area contributed by atoms with E-state index in [1.54, 1.807) is 6.07 Å². The molecule has 0 bridgehead atoms. The van der Waals surface area contributed by atoms with Gasteiger partial charge in [-0.15, -0.1) is 0 Å². The van der Waals surface area contributed by atoms with Gasteiger partial charge in [0.15, 0.2) is 0 Å². The Bertz CT molecular complexity index is 1120. The summed E-state index contributed by atoms with van der Waals surface area (Å²) in [5.41, 5.74) is 3.24. The molecule has 5 heteroatoms. The molecule has 2 fully saturated rings. The van der Waals surface area contributed by atoms with Crippen LogP contribution >= 0.6 is 0 Å².